The summed E-state index contributed by atoms with van der Waals surface area (Å²) in [5, 5.41) is 0. The second-order valence-electron chi connectivity index (χ2n) is 3.52. The number of alkyl halides is 1. The van der Waals surface area contributed by atoms with Gasteiger partial charge in [0.1, 0.15) is 0 Å². The van der Waals surface area contributed by atoms with Crippen molar-refractivity contribution >= 4 is 0 Å². The fraction of sp³-hybridized carbons (Fsp3) is 0.385. The highest BCUT2D eigenvalue weighted by molar-refractivity contribution is 5.40. The molecule has 1 aromatic rings. The van der Waals surface area contributed by atoms with E-state index in [1.807, 2.05) is 25.1 Å². The third kappa shape index (κ3) is 2.35. The molecule has 1 unspecified atom stereocenters. The number of hydrogen-bond acceptors (Lipinski definition) is 0. The van der Waals surface area contributed by atoms with Gasteiger partial charge in [-0.3, -0.25) is 4.39 Å². The van der Waals surface area contributed by atoms with Crippen LogP contribution in [0.4, 0.5) is 4.39 Å². The Balaban J connectivity index is 3.12. The Morgan fingerprint density at radius 3 is 2.64 bits per heavy atom. The molecule has 0 saturated carbocycles. The summed E-state index contributed by atoms with van der Waals surface area (Å²) in [5.74, 6) is 2.54. The molecule has 0 aliphatic rings. The molecule has 0 bridgehead atoms. The monoisotopic (exact) mass is 190 g/mol. The molecule has 0 nitrogen and oxygen atoms in total. The standard InChI is InChI=1S/C13H15F/c1-4-11-6-12(5-2)8-13(7-11)10(3)9-14/h1,6-8,10H,5,9H2,2-3H3. The molecule has 1 heteroatoms. The number of benzene rings is 1. The van der Waals surface area contributed by atoms with Crippen LogP contribution in [0.15, 0.2) is 18.2 Å². The maximum atomic E-state index is 12.5. The minimum Gasteiger partial charge on any atom is -0.250 e. The lowest BCUT2D eigenvalue weighted by Gasteiger charge is -2.09. The molecule has 1 aromatic carbocycles. The van der Waals surface area contributed by atoms with Crippen LogP contribution >= 0.6 is 0 Å². The van der Waals surface area contributed by atoms with Gasteiger partial charge in [-0.2, -0.15) is 0 Å². The maximum absolute atomic E-state index is 12.5. The van der Waals surface area contributed by atoms with Crippen LogP contribution in [0.25, 0.3) is 0 Å². The van der Waals surface area contributed by atoms with E-state index in [-0.39, 0.29) is 12.6 Å². The summed E-state index contributed by atoms with van der Waals surface area (Å²) in [6.07, 6.45) is 6.27. The van der Waals surface area contributed by atoms with Gasteiger partial charge in [0.2, 0.25) is 0 Å². The van der Waals surface area contributed by atoms with Crippen molar-refractivity contribution in [2.75, 3.05) is 6.67 Å². The van der Waals surface area contributed by atoms with Crippen molar-refractivity contribution in [1.29, 1.82) is 0 Å². The van der Waals surface area contributed by atoms with Gasteiger partial charge in [-0.1, -0.05) is 25.8 Å². The first-order chi connectivity index (χ1) is 6.71. The van der Waals surface area contributed by atoms with Crippen LogP contribution in [0.1, 0.15) is 36.5 Å². The second kappa shape index (κ2) is 4.81. The van der Waals surface area contributed by atoms with Crippen molar-refractivity contribution in [2.24, 2.45) is 0 Å². The molecule has 0 spiro atoms. The smallest absolute Gasteiger partial charge is 0.0960 e. The number of halogens is 1. The molecule has 0 aliphatic heterocycles. The van der Waals surface area contributed by atoms with Gasteiger partial charge >= 0.3 is 0 Å². The van der Waals surface area contributed by atoms with Crippen LogP contribution in [0.3, 0.4) is 0 Å². The fourth-order valence-electron chi connectivity index (χ4n) is 1.38. The molecule has 0 heterocycles. The lowest BCUT2D eigenvalue weighted by atomic mass is 9.96. The zero-order valence-corrected chi connectivity index (χ0v) is 8.68. The van der Waals surface area contributed by atoms with Crippen molar-refractivity contribution in [2.45, 2.75) is 26.2 Å². The molecule has 0 N–H and O–H groups in total. The predicted molar refractivity (Wildman–Crippen MR) is 58.1 cm³/mol. The van der Waals surface area contributed by atoms with E-state index < -0.39 is 0 Å². The average molecular weight is 190 g/mol. The predicted octanol–water partition coefficient (Wildman–Crippen LogP) is 3.30. The van der Waals surface area contributed by atoms with Crippen molar-refractivity contribution < 1.29 is 4.39 Å². The van der Waals surface area contributed by atoms with E-state index in [0.717, 1.165) is 17.5 Å². The number of terminal acetylenes is 1. The van der Waals surface area contributed by atoms with Crippen molar-refractivity contribution in [3.8, 4) is 12.3 Å². The summed E-state index contributed by atoms with van der Waals surface area (Å²) in [4.78, 5) is 0. The molecule has 0 aliphatic carbocycles. The van der Waals surface area contributed by atoms with E-state index in [0.29, 0.717) is 0 Å². The first-order valence-electron chi connectivity index (χ1n) is 4.87. The van der Waals surface area contributed by atoms with Gasteiger partial charge in [-0.25, -0.2) is 0 Å². The van der Waals surface area contributed by atoms with Gasteiger partial charge in [-0.05, 0) is 29.7 Å². The summed E-state index contributed by atoms with van der Waals surface area (Å²) >= 11 is 0. The molecule has 0 radical (unpaired) electrons. The molecule has 14 heavy (non-hydrogen) atoms. The summed E-state index contributed by atoms with van der Waals surface area (Å²) in [6.45, 7) is 3.60. The van der Waals surface area contributed by atoms with Crippen LogP contribution in [0.2, 0.25) is 0 Å². The van der Waals surface area contributed by atoms with Crippen LogP contribution < -0.4 is 0 Å². The third-order valence-corrected chi connectivity index (χ3v) is 2.39. The molecule has 0 fully saturated rings. The van der Waals surface area contributed by atoms with Crippen LogP contribution in [-0.4, -0.2) is 6.67 Å². The molecule has 0 amide bonds. The number of hydrogen-bond donors (Lipinski definition) is 0. The van der Waals surface area contributed by atoms with E-state index >= 15 is 0 Å². The zero-order valence-electron chi connectivity index (χ0n) is 8.68. The first kappa shape index (κ1) is 10.8. The number of rotatable bonds is 3. The van der Waals surface area contributed by atoms with E-state index in [9.17, 15) is 4.39 Å². The largest absolute Gasteiger partial charge is 0.250 e. The van der Waals surface area contributed by atoms with E-state index in [1.54, 1.807) is 0 Å². The molecular weight excluding hydrogens is 175 g/mol. The lowest BCUT2D eigenvalue weighted by molar-refractivity contribution is 0.447. The normalized spacial score (nSPS) is 12.1. The Morgan fingerprint density at radius 2 is 2.14 bits per heavy atom. The molecule has 1 atom stereocenters. The van der Waals surface area contributed by atoms with Gasteiger partial charge in [0.05, 0.1) is 6.67 Å². The van der Waals surface area contributed by atoms with Gasteiger partial charge in [0.15, 0.2) is 0 Å². The fourth-order valence-corrected chi connectivity index (χ4v) is 1.38. The third-order valence-electron chi connectivity index (χ3n) is 2.39. The highest BCUT2D eigenvalue weighted by atomic mass is 19.1. The summed E-state index contributed by atoms with van der Waals surface area (Å²) < 4.78 is 12.5. The Kier molecular flexibility index (Phi) is 3.71. The summed E-state index contributed by atoms with van der Waals surface area (Å²) in [7, 11) is 0. The lowest BCUT2D eigenvalue weighted by Crippen LogP contribution is -1.97. The van der Waals surface area contributed by atoms with Crippen LogP contribution in [0, 0.1) is 12.3 Å². The Morgan fingerprint density at radius 1 is 1.43 bits per heavy atom. The Bertz CT molecular complexity index is 347. The quantitative estimate of drug-likeness (QED) is 0.641. The molecule has 0 aromatic heterocycles. The molecule has 1 rings (SSSR count). The van der Waals surface area contributed by atoms with Gasteiger partial charge < -0.3 is 0 Å². The summed E-state index contributed by atoms with van der Waals surface area (Å²) in [6, 6.07) is 5.91. The highest BCUT2D eigenvalue weighted by Gasteiger charge is 2.06. The SMILES string of the molecule is C#Cc1cc(CC)cc(C(C)CF)c1. The molecule has 0 saturated heterocycles. The average Bonchev–Trinajstić information content (AvgIpc) is 2.27. The van der Waals surface area contributed by atoms with Crippen molar-refractivity contribution in [3.63, 3.8) is 0 Å². The van der Waals surface area contributed by atoms with E-state index in [1.165, 1.54) is 5.56 Å². The molecule has 74 valence electrons. The second-order valence-corrected chi connectivity index (χ2v) is 3.52. The molecular formula is C13H15F. The minimum atomic E-state index is -0.336. The van der Waals surface area contributed by atoms with Crippen molar-refractivity contribution in [1.82, 2.24) is 0 Å². The topological polar surface area (TPSA) is 0 Å². The minimum absolute atomic E-state index is 0.0615. The van der Waals surface area contributed by atoms with Crippen LogP contribution in [-0.2, 0) is 6.42 Å². The zero-order chi connectivity index (χ0) is 10.6. The maximum Gasteiger partial charge on any atom is 0.0960 e. The number of aryl methyl sites for hydroxylation is 1. The van der Waals surface area contributed by atoms with Crippen molar-refractivity contribution in [3.05, 3.63) is 34.9 Å². The van der Waals surface area contributed by atoms with Gasteiger partial charge in [0, 0.05) is 11.5 Å². The van der Waals surface area contributed by atoms with Gasteiger partial charge in [0.25, 0.3) is 0 Å². The summed E-state index contributed by atoms with van der Waals surface area (Å²) in [5.41, 5.74) is 3.02. The van der Waals surface area contributed by atoms with E-state index in [4.69, 9.17) is 6.42 Å². The van der Waals surface area contributed by atoms with Gasteiger partial charge in [-0.15, -0.1) is 6.42 Å². The van der Waals surface area contributed by atoms with E-state index in [2.05, 4.69) is 12.8 Å². The highest BCUT2D eigenvalue weighted by Crippen LogP contribution is 2.19. The van der Waals surface area contributed by atoms with Crippen LogP contribution in [0.5, 0.6) is 0 Å². The Labute approximate surface area is 85.2 Å². The Hall–Kier alpha value is -1.29. The first-order valence-corrected chi connectivity index (χ1v) is 4.87.